The first kappa shape index (κ1) is 14.7. The zero-order valence-corrected chi connectivity index (χ0v) is 13.4. The number of rotatable bonds is 3. The standard InChI is InChI=1S/C22H19NO/c1-3-9-17(10-4-1)22(18-11-5-2-6-12-18)23-20-15-16-24-21-14-8-7-13-19(20)21/h1-14,22H,15-16H2/b23-20+. The molecule has 3 aromatic rings. The third-order valence-corrected chi connectivity index (χ3v) is 4.31. The predicted octanol–water partition coefficient (Wildman–Crippen LogP) is 5.05. The number of hydrogen-bond donors (Lipinski definition) is 0. The van der Waals surface area contributed by atoms with Gasteiger partial charge in [0.15, 0.2) is 0 Å². The second-order valence-electron chi connectivity index (χ2n) is 5.89. The maximum Gasteiger partial charge on any atom is 0.128 e. The largest absolute Gasteiger partial charge is 0.492 e. The number of aliphatic imine (C=N–C) groups is 1. The summed E-state index contributed by atoms with van der Waals surface area (Å²) < 4.78 is 5.77. The molecule has 0 saturated carbocycles. The van der Waals surface area contributed by atoms with Crippen LogP contribution in [0.2, 0.25) is 0 Å². The minimum absolute atomic E-state index is 0.00792. The van der Waals surface area contributed by atoms with E-state index in [-0.39, 0.29) is 6.04 Å². The Kier molecular flexibility index (Phi) is 4.11. The second-order valence-corrected chi connectivity index (χ2v) is 5.89. The van der Waals surface area contributed by atoms with E-state index in [2.05, 4.69) is 54.6 Å². The summed E-state index contributed by atoms with van der Waals surface area (Å²) in [5.74, 6) is 0.933. The van der Waals surface area contributed by atoms with Gasteiger partial charge in [0.25, 0.3) is 0 Å². The molecule has 0 radical (unpaired) electrons. The molecular weight excluding hydrogens is 294 g/mol. The lowest BCUT2D eigenvalue weighted by atomic mass is 9.97. The Morgan fingerprint density at radius 1 is 0.708 bits per heavy atom. The van der Waals surface area contributed by atoms with E-state index in [1.807, 2.05) is 30.3 Å². The molecule has 3 aromatic carbocycles. The van der Waals surface area contributed by atoms with Crippen molar-refractivity contribution in [1.82, 2.24) is 0 Å². The Labute approximate surface area is 142 Å². The van der Waals surface area contributed by atoms with Crippen molar-refractivity contribution in [2.24, 2.45) is 4.99 Å². The summed E-state index contributed by atoms with van der Waals surface area (Å²) in [4.78, 5) is 5.15. The van der Waals surface area contributed by atoms with E-state index in [0.717, 1.165) is 23.4 Å². The molecule has 0 saturated heterocycles. The summed E-state index contributed by atoms with van der Waals surface area (Å²) >= 11 is 0. The van der Waals surface area contributed by atoms with Crippen LogP contribution >= 0.6 is 0 Å². The maximum absolute atomic E-state index is 5.77. The van der Waals surface area contributed by atoms with E-state index in [9.17, 15) is 0 Å². The van der Waals surface area contributed by atoms with Crippen molar-refractivity contribution in [2.75, 3.05) is 6.61 Å². The summed E-state index contributed by atoms with van der Waals surface area (Å²) in [6.07, 6.45) is 0.840. The minimum Gasteiger partial charge on any atom is -0.492 e. The van der Waals surface area contributed by atoms with Gasteiger partial charge in [-0.05, 0) is 23.3 Å². The summed E-state index contributed by atoms with van der Waals surface area (Å²) in [5, 5.41) is 0. The van der Waals surface area contributed by atoms with Crippen LogP contribution in [0.3, 0.4) is 0 Å². The Bertz CT molecular complexity index is 801. The lowest BCUT2D eigenvalue weighted by molar-refractivity contribution is 0.320. The Morgan fingerprint density at radius 2 is 1.29 bits per heavy atom. The van der Waals surface area contributed by atoms with E-state index in [4.69, 9.17) is 9.73 Å². The third kappa shape index (κ3) is 2.95. The highest BCUT2D eigenvalue weighted by molar-refractivity contribution is 6.04. The van der Waals surface area contributed by atoms with Crippen LogP contribution in [0, 0.1) is 0 Å². The summed E-state index contributed by atoms with van der Waals surface area (Å²) in [7, 11) is 0. The van der Waals surface area contributed by atoms with Crippen molar-refractivity contribution in [3.05, 3.63) is 102 Å². The van der Waals surface area contributed by atoms with Gasteiger partial charge in [0.1, 0.15) is 11.8 Å². The van der Waals surface area contributed by atoms with Gasteiger partial charge in [-0.15, -0.1) is 0 Å². The van der Waals surface area contributed by atoms with Crippen molar-refractivity contribution < 1.29 is 4.74 Å². The SMILES string of the molecule is c1ccc(C(/N=C2\CCOc3ccccc32)c2ccccc2)cc1. The van der Waals surface area contributed by atoms with Crippen LogP contribution in [-0.2, 0) is 0 Å². The molecule has 24 heavy (non-hydrogen) atoms. The molecule has 0 bridgehead atoms. The molecule has 0 aromatic heterocycles. The van der Waals surface area contributed by atoms with E-state index in [0.29, 0.717) is 6.61 Å². The average Bonchev–Trinajstić information content (AvgIpc) is 2.67. The number of hydrogen-bond acceptors (Lipinski definition) is 2. The highest BCUT2D eigenvalue weighted by atomic mass is 16.5. The van der Waals surface area contributed by atoms with Gasteiger partial charge in [-0.2, -0.15) is 0 Å². The summed E-state index contributed by atoms with van der Waals surface area (Å²) in [5.41, 5.74) is 4.65. The summed E-state index contributed by atoms with van der Waals surface area (Å²) in [6.45, 7) is 0.687. The smallest absolute Gasteiger partial charge is 0.128 e. The number of benzene rings is 3. The van der Waals surface area contributed by atoms with E-state index < -0.39 is 0 Å². The normalized spacial score (nSPS) is 15.1. The van der Waals surface area contributed by atoms with Crippen molar-refractivity contribution in [1.29, 1.82) is 0 Å². The fraction of sp³-hybridized carbons (Fsp3) is 0.136. The quantitative estimate of drug-likeness (QED) is 0.663. The van der Waals surface area contributed by atoms with Crippen LogP contribution in [0.15, 0.2) is 89.9 Å². The maximum atomic E-state index is 5.77. The van der Waals surface area contributed by atoms with Gasteiger partial charge < -0.3 is 4.74 Å². The van der Waals surface area contributed by atoms with Crippen LogP contribution in [0.5, 0.6) is 5.75 Å². The van der Waals surface area contributed by atoms with Gasteiger partial charge in [0.05, 0.1) is 12.3 Å². The zero-order chi connectivity index (χ0) is 16.2. The van der Waals surface area contributed by atoms with Gasteiger partial charge in [-0.25, -0.2) is 0 Å². The molecule has 1 aliphatic heterocycles. The van der Waals surface area contributed by atoms with Gasteiger partial charge in [-0.1, -0.05) is 72.8 Å². The molecule has 118 valence electrons. The molecule has 2 nitrogen and oxygen atoms in total. The molecule has 0 amide bonds. The third-order valence-electron chi connectivity index (χ3n) is 4.31. The lowest BCUT2D eigenvalue weighted by Crippen LogP contribution is -2.17. The van der Waals surface area contributed by atoms with Crippen molar-refractivity contribution in [3.8, 4) is 5.75 Å². The highest BCUT2D eigenvalue weighted by Gasteiger charge is 2.19. The first-order valence-corrected chi connectivity index (χ1v) is 8.30. The van der Waals surface area contributed by atoms with Crippen LogP contribution in [0.25, 0.3) is 0 Å². The second kappa shape index (κ2) is 6.71. The highest BCUT2D eigenvalue weighted by Crippen LogP contribution is 2.30. The molecule has 2 heteroatoms. The van der Waals surface area contributed by atoms with Crippen LogP contribution in [-0.4, -0.2) is 12.3 Å². The molecule has 0 fully saturated rings. The van der Waals surface area contributed by atoms with E-state index in [1.165, 1.54) is 11.1 Å². The fourth-order valence-corrected chi connectivity index (χ4v) is 3.13. The first-order chi connectivity index (χ1) is 11.9. The topological polar surface area (TPSA) is 21.6 Å². The van der Waals surface area contributed by atoms with Gasteiger partial charge in [-0.3, -0.25) is 4.99 Å². The molecule has 4 rings (SSSR count). The van der Waals surface area contributed by atoms with Crippen LogP contribution in [0.1, 0.15) is 29.2 Å². The number of ether oxygens (including phenoxy) is 1. The summed E-state index contributed by atoms with van der Waals surface area (Å²) in [6, 6.07) is 29.1. The molecule has 1 aliphatic rings. The van der Waals surface area contributed by atoms with E-state index >= 15 is 0 Å². The lowest BCUT2D eigenvalue weighted by Gasteiger charge is -2.22. The Hall–Kier alpha value is -2.87. The molecule has 1 heterocycles. The molecule has 0 aliphatic carbocycles. The van der Waals surface area contributed by atoms with Crippen molar-refractivity contribution in [2.45, 2.75) is 12.5 Å². The first-order valence-electron chi connectivity index (χ1n) is 8.30. The predicted molar refractivity (Wildman–Crippen MR) is 97.8 cm³/mol. The number of nitrogens with zero attached hydrogens (tertiary/aromatic N) is 1. The molecule has 0 N–H and O–H groups in total. The minimum atomic E-state index is 0.00792. The molecule has 0 unspecified atom stereocenters. The average molecular weight is 313 g/mol. The zero-order valence-electron chi connectivity index (χ0n) is 13.4. The van der Waals surface area contributed by atoms with E-state index in [1.54, 1.807) is 0 Å². The van der Waals surface area contributed by atoms with Crippen molar-refractivity contribution in [3.63, 3.8) is 0 Å². The van der Waals surface area contributed by atoms with Gasteiger partial charge in [0, 0.05) is 12.0 Å². The number of para-hydroxylation sites is 1. The van der Waals surface area contributed by atoms with Crippen LogP contribution in [0.4, 0.5) is 0 Å². The Morgan fingerprint density at radius 3 is 1.96 bits per heavy atom. The monoisotopic (exact) mass is 313 g/mol. The fourth-order valence-electron chi connectivity index (χ4n) is 3.13. The van der Waals surface area contributed by atoms with Gasteiger partial charge >= 0.3 is 0 Å². The van der Waals surface area contributed by atoms with Crippen LogP contribution < -0.4 is 4.74 Å². The van der Waals surface area contributed by atoms with Gasteiger partial charge in [0.2, 0.25) is 0 Å². The molecule has 0 spiro atoms. The molecule has 0 atom stereocenters. The Balaban J connectivity index is 1.81. The number of fused-ring (bicyclic) bond motifs is 1. The van der Waals surface area contributed by atoms with Crippen molar-refractivity contribution >= 4 is 5.71 Å². The molecular formula is C22H19NO.